The van der Waals surface area contributed by atoms with Gasteiger partial charge in [-0.2, -0.15) is 11.8 Å². The van der Waals surface area contributed by atoms with Gasteiger partial charge < -0.3 is 10.4 Å². The average molecular weight is 338 g/mol. The summed E-state index contributed by atoms with van der Waals surface area (Å²) in [6, 6.07) is 4.41. The maximum atomic E-state index is 9.41. The molecule has 3 atom stereocenters. The molecule has 120 valence electrons. The van der Waals surface area contributed by atoms with Crippen molar-refractivity contribution in [1.82, 2.24) is 15.3 Å². The molecule has 2 aromatic heterocycles. The van der Waals surface area contributed by atoms with E-state index in [1.54, 1.807) is 29.3 Å². The SMILES string of the molecule is CSC(CO)C(C)NC(C)c1sc(-c2cccnc2)nc1C. The highest BCUT2D eigenvalue weighted by Crippen LogP contribution is 2.31. The first kappa shape index (κ1) is 17.4. The second-order valence-corrected chi connectivity index (χ2v) is 7.45. The number of aliphatic hydroxyl groups excluding tert-OH is 1. The van der Waals surface area contributed by atoms with Gasteiger partial charge in [0.05, 0.1) is 12.3 Å². The van der Waals surface area contributed by atoms with Gasteiger partial charge in [0, 0.05) is 40.2 Å². The topological polar surface area (TPSA) is 58.0 Å². The number of nitrogens with one attached hydrogen (secondary N) is 1. The van der Waals surface area contributed by atoms with E-state index in [9.17, 15) is 5.11 Å². The van der Waals surface area contributed by atoms with E-state index in [-0.39, 0.29) is 23.9 Å². The van der Waals surface area contributed by atoms with Gasteiger partial charge in [-0.25, -0.2) is 4.98 Å². The minimum absolute atomic E-state index is 0.185. The lowest BCUT2D eigenvalue weighted by Crippen LogP contribution is -2.38. The number of thioether (sulfide) groups is 1. The number of nitrogens with zero attached hydrogens (tertiary/aromatic N) is 2. The van der Waals surface area contributed by atoms with Crippen molar-refractivity contribution in [3.63, 3.8) is 0 Å². The molecule has 0 spiro atoms. The molecule has 0 saturated carbocycles. The standard InChI is InChI=1S/C16H23N3OS2/c1-10(14(9-20)21-4)18-11(2)15-12(3)19-16(22-15)13-6-5-7-17-8-13/h5-8,10-11,14,18,20H,9H2,1-4H3. The maximum Gasteiger partial charge on any atom is 0.125 e. The highest BCUT2D eigenvalue weighted by molar-refractivity contribution is 7.99. The van der Waals surface area contributed by atoms with E-state index in [1.165, 1.54) is 4.88 Å². The first-order valence-electron chi connectivity index (χ1n) is 7.34. The van der Waals surface area contributed by atoms with E-state index in [0.717, 1.165) is 16.3 Å². The van der Waals surface area contributed by atoms with Crippen LogP contribution >= 0.6 is 23.1 Å². The number of thiazole rings is 1. The Morgan fingerprint density at radius 1 is 1.41 bits per heavy atom. The summed E-state index contributed by atoms with van der Waals surface area (Å²) in [7, 11) is 0. The lowest BCUT2D eigenvalue weighted by molar-refractivity contribution is 0.272. The van der Waals surface area contributed by atoms with Gasteiger partial charge in [0.25, 0.3) is 0 Å². The van der Waals surface area contributed by atoms with Crippen LogP contribution in [0.5, 0.6) is 0 Å². The van der Waals surface area contributed by atoms with E-state index >= 15 is 0 Å². The molecule has 0 radical (unpaired) electrons. The van der Waals surface area contributed by atoms with Crippen LogP contribution in [0.1, 0.15) is 30.5 Å². The third kappa shape index (κ3) is 4.07. The highest BCUT2D eigenvalue weighted by atomic mass is 32.2. The van der Waals surface area contributed by atoms with Crippen molar-refractivity contribution in [3.8, 4) is 10.6 Å². The Balaban J connectivity index is 2.14. The van der Waals surface area contributed by atoms with E-state index in [4.69, 9.17) is 0 Å². The summed E-state index contributed by atoms with van der Waals surface area (Å²) in [6.07, 6.45) is 5.65. The van der Waals surface area contributed by atoms with Gasteiger partial charge in [-0.1, -0.05) is 0 Å². The Bertz CT molecular complexity index is 584. The maximum absolute atomic E-state index is 9.41. The van der Waals surface area contributed by atoms with Crippen LogP contribution in [-0.2, 0) is 0 Å². The normalized spacial score (nSPS) is 15.5. The zero-order valence-electron chi connectivity index (χ0n) is 13.4. The fraction of sp³-hybridized carbons (Fsp3) is 0.500. The van der Waals surface area contributed by atoms with E-state index in [1.807, 2.05) is 31.5 Å². The molecule has 0 saturated heterocycles. The summed E-state index contributed by atoms with van der Waals surface area (Å²) < 4.78 is 0. The predicted octanol–water partition coefficient (Wildman–Crippen LogP) is 3.28. The molecule has 0 aliphatic rings. The van der Waals surface area contributed by atoms with Gasteiger partial charge in [0.2, 0.25) is 0 Å². The Hall–Kier alpha value is -0.950. The molecule has 2 rings (SSSR count). The van der Waals surface area contributed by atoms with Crippen molar-refractivity contribution in [2.75, 3.05) is 12.9 Å². The van der Waals surface area contributed by atoms with Gasteiger partial charge in [-0.3, -0.25) is 4.98 Å². The fourth-order valence-corrected chi connectivity index (χ4v) is 4.14. The van der Waals surface area contributed by atoms with Crippen molar-refractivity contribution in [2.24, 2.45) is 0 Å². The van der Waals surface area contributed by atoms with E-state index < -0.39 is 0 Å². The molecule has 2 aromatic rings. The molecular weight excluding hydrogens is 314 g/mol. The Labute approximate surface area is 140 Å². The van der Waals surface area contributed by atoms with Crippen LogP contribution in [0.4, 0.5) is 0 Å². The summed E-state index contributed by atoms with van der Waals surface area (Å²) >= 11 is 3.40. The zero-order chi connectivity index (χ0) is 16.1. The van der Waals surface area contributed by atoms with Crippen LogP contribution in [0.25, 0.3) is 10.6 Å². The van der Waals surface area contributed by atoms with Crippen LogP contribution in [0, 0.1) is 6.92 Å². The van der Waals surface area contributed by atoms with Gasteiger partial charge in [-0.05, 0) is 39.2 Å². The van der Waals surface area contributed by atoms with Crippen molar-refractivity contribution >= 4 is 23.1 Å². The highest BCUT2D eigenvalue weighted by Gasteiger charge is 2.21. The van der Waals surface area contributed by atoms with Gasteiger partial charge in [-0.15, -0.1) is 11.3 Å². The monoisotopic (exact) mass is 337 g/mol. The minimum Gasteiger partial charge on any atom is -0.395 e. The number of hydrogen-bond donors (Lipinski definition) is 2. The first-order valence-corrected chi connectivity index (χ1v) is 9.44. The molecule has 2 N–H and O–H groups in total. The number of aliphatic hydroxyl groups is 1. The van der Waals surface area contributed by atoms with E-state index in [2.05, 4.69) is 29.1 Å². The molecule has 0 amide bonds. The van der Waals surface area contributed by atoms with Crippen molar-refractivity contribution in [3.05, 3.63) is 35.1 Å². The van der Waals surface area contributed by atoms with E-state index in [0.29, 0.717) is 0 Å². The molecule has 0 aromatic carbocycles. The molecule has 6 heteroatoms. The molecule has 22 heavy (non-hydrogen) atoms. The zero-order valence-corrected chi connectivity index (χ0v) is 15.0. The van der Waals surface area contributed by atoms with Crippen LogP contribution in [0.2, 0.25) is 0 Å². The van der Waals surface area contributed by atoms with Crippen molar-refractivity contribution < 1.29 is 5.11 Å². The average Bonchev–Trinajstić information content (AvgIpc) is 2.91. The fourth-order valence-electron chi connectivity index (χ4n) is 2.44. The molecular formula is C16H23N3OS2. The number of rotatable bonds is 7. The Kier molecular flexibility index (Phi) is 6.37. The summed E-state index contributed by atoms with van der Waals surface area (Å²) in [4.78, 5) is 10.1. The molecule has 4 nitrogen and oxygen atoms in total. The molecule has 3 unspecified atom stereocenters. The number of aryl methyl sites for hydroxylation is 1. The molecule has 0 fully saturated rings. The summed E-state index contributed by atoms with van der Waals surface area (Å²) in [6.45, 7) is 6.50. The Morgan fingerprint density at radius 3 is 2.77 bits per heavy atom. The number of hydrogen-bond acceptors (Lipinski definition) is 6. The van der Waals surface area contributed by atoms with Crippen LogP contribution in [0.15, 0.2) is 24.5 Å². The molecule has 0 bridgehead atoms. The van der Waals surface area contributed by atoms with Crippen molar-refractivity contribution in [1.29, 1.82) is 0 Å². The summed E-state index contributed by atoms with van der Waals surface area (Å²) in [5.41, 5.74) is 2.11. The molecule has 0 aliphatic heterocycles. The lowest BCUT2D eigenvalue weighted by atomic mass is 10.1. The molecule has 2 heterocycles. The van der Waals surface area contributed by atoms with Crippen LogP contribution in [-0.4, -0.2) is 39.2 Å². The minimum atomic E-state index is 0.185. The third-order valence-corrected chi connectivity index (χ3v) is 6.24. The van der Waals surface area contributed by atoms with Crippen LogP contribution in [0.3, 0.4) is 0 Å². The summed E-state index contributed by atoms with van der Waals surface area (Å²) in [5.74, 6) is 0. The lowest BCUT2D eigenvalue weighted by Gasteiger charge is -2.25. The van der Waals surface area contributed by atoms with Gasteiger partial charge >= 0.3 is 0 Å². The predicted molar refractivity (Wildman–Crippen MR) is 95.5 cm³/mol. The van der Waals surface area contributed by atoms with Crippen molar-refractivity contribution in [2.45, 2.75) is 38.1 Å². The molecule has 0 aliphatic carbocycles. The Morgan fingerprint density at radius 2 is 2.18 bits per heavy atom. The summed E-state index contributed by atoms with van der Waals surface area (Å²) in [5, 5.41) is 14.2. The van der Waals surface area contributed by atoms with Gasteiger partial charge in [0.15, 0.2) is 0 Å². The third-order valence-electron chi connectivity index (χ3n) is 3.69. The number of aromatic nitrogens is 2. The quantitative estimate of drug-likeness (QED) is 0.812. The first-order chi connectivity index (χ1) is 10.6. The number of pyridine rings is 1. The largest absolute Gasteiger partial charge is 0.395 e. The van der Waals surface area contributed by atoms with Crippen LogP contribution < -0.4 is 5.32 Å². The van der Waals surface area contributed by atoms with Gasteiger partial charge in [0.1, 0.15) is 5.01 Å². The smallest absolute Gasteiger partial charge is 0.125 e. The second-order valence-electron chi connectivity index (χ2n) is 5.34. The second kappa shape index (κ2) is 8.06.